The van der Waals surface area contributed by atoms with Gasteiger partial charge in [0.1, 0.15) is 5.82 Å². The van der Waals surface area contributed by atoms with Crippen LogP contribution in [0, 0.1) is 0 Å². The van der Waals surface area contributed by atoms with Crippen molar-refractivity contribution in [3.05, 3.63) is 130 Å². The number of aromatic nitrogens is 1. The number of rotatable bonds is 0. The van der Waals surface area contributed by atoms with E-state index in [2.05, 4.69) is 83.8 Å². The molecule has 4 aliphatic rings. The molecule has 0 radical (unpaired) electrons. The lowest BCUT2D eigenvalue weighted by atomic mass is 9.86. The number of nitrogens with zero attached hydrogens (tertiary/aromatic N) is 2. The molecule has 0 N–H and O–H groups in total. The summed E-state index contributed by atoms with van der Waals surface area (Å²) in [6.07, 6.45) is 5.93. The average Bonchev–Trinajstić information content (AvgIpc) is 3.45. The van der Waals surface area contributed by atoms with Gasteiger partial charge >= 0.3 is 0 Å². The van der Waals surface area contributed by atoms with Gasteiger partial charge in [0.05, 0.1) is 11.4 Å². The van der Waals surface area contributed by atoms with Crippen molar-refractivity contribution in [2.75, 3.05) is 4.90 Å². The van der Waals surface area contributed by atoms with Crippen LogP contribution in [0.1, 0.15) is 44.5 Å². The first kappa shape index (κ1) is 18.2. The van der Waals surface area contributed by atoms with Crippen LogP contribution < -0.4 is 4.90 Å². The molecule has 3 heterocycles. The number of anilines is 3. The van der Waals surface area contributed by atoms with E-state index in [-0.39, 0.29) is 0 Å². The lowest BCUT2D eigenvalue weighted by molar-refractivity contribution is 0.980. The molecule has 0 bridgehead atoms. The fraction of sp³-hybridized carbons (Fsp3) is 0.121. The fourth-order valence-corrected chi connectivity index (χ4v) is 7.09. The van der Waals surface area contributed by atoms with Crippen molar-refractivity contribution in [3.8, 4) is 22.3 Å². The number of fused-ring (bicyclic) bond motifs is 11. The van der Waals surface area contributed by atoms with Crippen molar-refractivity contribution in [3.63, 3.8) is 0 Å². The predicted octanol–water partition coefficient (Wildman–Crippen LogP) is 7.50. The van der Waals surface area contributed by atoms with Gasteiger partial charge in [-0.1, -0.05) is 60.7 Å². The number of hydrogen-bond acceptors (Lipinski definition) is 2. The third kappa shape index (κ3) is 2.27. The van der Waals surface area contributed by atoms with Crippen LogP contribution in [0.5, 0.6) is 0 Å². The highest BCUT2D eigenvalue weighted by molar-refractivity contribution is 5.94. The molecule has 2 nitrogen and oxygen atoms in total. The van der Waals surface area contributed by atoms with E-state index >= 15 is 0 Å². The van der Waals surface area contributed by atoms with Gasteiger partial charge in [-0.25, -0.2) is 4.98 Å². The first-order valence-corrected chi connectivity index (χ1v) is 12.6. The van der Waals surface area contributed by atoms with Crippen LogP contribution in [0.3, 0.4) is 0 Å². The monoisotopic (exact) mass is 446 g/mol. The smallest absolute Gasteiger partial charge is 0.141 e. The standard InChI is InChI=1S/C33H22N2/c1-2-9-26-19(5-1)16-29-27(26)11-10-20-13-24-18-30-25(17-28(24)31(20)29)15-22-7-3-6-21-14-23-8-4-12-34-33(23)35(30)32(21)22/h1-12,17-18H,13-16H2. The molecule has 5 aromatic rings. The quantitative estimate of drug-likeness (QED) is 0.240. The van der Waals surface area contributed by atoms with Gasteiger partial charge in [0.25, 0.3) is 0 Å². The maximum atomic E-state index is 4.87. The summed E-state index contributed by atoms with van der Waals surface area (Å²) >= 11 is 0. The zero-order chi connectivity index (χ0) is 22.7. The minimum Gasteiger partial charge on any atom is -0.294 e. The van der Waals surface area contributed by atoms with Crippen molar-refractivity contribution < 1.29 is 0 Å². The average molecular weight is 447 g/mol. The Hall–Kier alpha value is -4.17. The SMILES string of the molecule is c1ccc2c(c1)Cc1c-2ccc2c1-c1cc3c(cc1C2)N1c2ncccc2Cc2cccc(c21)C3. The fourth-order valence-electron chi connectivity index (χ4n) is 7.09. The molecule has 0 saturated carbocycles. The third-order valence-corrected chi connectivity index (χ3v) is 8.54. The summed E-state index contributed by atoms with van der Waals surface area (Å²) < 4.78 is 0. The van der Waals surface area contributed by atoms with Crippen molar-refractivity contribution in [1.29, 1.82) is 0 Å². The van der Waals surface area contributed by atoms with Gasteiger partial charge in [-0.3, -0.25) is 4.90 Å². The van der Waals surface area contributed by atoms with E-state index in [1.807, 2.05) is 6.20 Å². The normalized spacial score (nSPS) is 14.9. The second-order valence-corrected chi connectivity index (χ2v) is 10.4. The van der Waals surface area contributed by atoms with Crippen LogP contribution in [-0.2, 0) is 25.7 Å². The molecule has 35 heavy (non-hydrogen) atoms. The number of para-hydroxylation sites is 1. The second kappa shape index (κ2) is 6.28. The Morgan fingerprint density at radius 1 is 0.543 bits per heavy atom. The molecule has 1 aromatic heterocycles. The molecule has 0 atom stereocenters. The van der Waals surface area contributed by atoms with Gasteiger partial charge in [0.2, 0.25) is 0 Å². The molecule has 0 amide bonds. The Balaban J connectivity index is 1.27. The highest BCUT2D eigenvalue weighted by atomic mass is 15.2. The van der Waals surface area contributed by atoms with Gasteiger partial charge in [0, 0.05) is 19.0 Å². The van der Waals surface area contributed by atoms with E-state index in [1.54, 1.807) is 0 Å². The third-order valence-electron chi connectivity index (χ3n) is 8.54. The van der Waals surface area contributed by atoms with E-state index in [0.29, 0.717) is 0 Å². The maximum Gasteiger partial charge on any atom is 0.141 e. The van der Waals surface area contributed by atoms with Crippen molar-refractivity contribution in [1.82, 2.24) is 4.98 Å². The number of benzene rings is 4. The molecule has 2 heteroatoms. The second-order valence-electron chi connectivity index (χ2n) is 10.4. The minimum absolute atomic E-state index is 0.960. The summed E-state index contributed by atoms with van der Waals surface area (Å²) in [5.41, 5.74) is 19.9. The Labute approximate surface area is 204 Å². The van der Waals surface area contributed by atoms with Crippen LogP contribution in [0.25, 0.3) is 22.3 Å². The predicted molar refractivity (Wildman–Crippen MR) is 141 cm³/mol. The van der Waals surface area contributed by atoms with E-state index in [1.165, 1.54) is 78.1 Å². The molecule has 0 saturated heterocycles. The Morgan fingerprint density at radius 2 is 1.34 bits per heavy atom. The summed E-state index contributed by atoms with van der Waals surface area (Å²) in [5.74, 6) is 1.10. The number of pyridine rings is 1. The molecule has 0 unspecified atom stereocenters. The molecule has 0 fully saturated rings. The summed E-state index contributed by atoms with van der Waals surface area (Å²) in [7, 11) is 0. The van der Waals surface area contributed by atoms with Gasteiger partial charge in [0.15, 0.2) is 0 Å². The number of hydrogen-bond donors (Lipinski definition) is 0. The maximum absolute atomic E-state index is 4.87. The Morgan fingerprint density at radius 3 is 2.29 bits per heavy atom. The zero-order valence-corrected chi connectivity index (χ0v) is 19.3. The lowest BCUT2D eigenvalue weighted by Crippen LogP contribution is -2.25. The molecule has 2 aliphatic carbocycles. The van der Waals surface area contributed by atoms with Crippen LogP contribution in [-0.4, -0.2) is 4.98 Å². The molecular formula is C33H22N2. The highest BCUT2D eigenvalue weighted by Crippen LogP contribution is 2.53. The summed E-state index contributed by atoms with van der Waals surface area (Å²) in [4.78, 5) is 7.32. The molecule has 4 aromatic carbocycles. The van der Waals surface area contributed by atoms with Crippen LogP contribution in [0.15, 0.2) is 85.1 Å². The van der Waals surface area contributed by atoms with E-state index in [9.17, 15) is 0 Å². The first-order valence-electron chi connectivity index (χ1n) is 12.6. The molecular weight excluding hydrogens is 424 g/mol. The summed E-state index contributed by atoms with van der Waals surface area (Å²) in [5, 5.41) is 0. The molecule has 2 aliphatic heterocycles. The highest BCUT2D eigenvalue weighted by Gasteiger charge is 2.35. The molecule has 9 rings (SSSR count). The van der Waals surface area contributed by atoms with E-state index in [0.717, 1.165) is 31.5 Å². The van der Waals surface area contributed by atoms with Crippen LogP contribution in [0.2, 0.25) is 0 Å². The zero-order valence-electron chi connectivity index (χ0n) is 19.3. The van der Waals surface area contributed by atoms with Crippen LogP contribution >= 0.6 is 0 Å². The van der Waals surface area contributed by atoms with Gasteiger partial charge in [-0.2, -0.15) is 0 Å². The van der Waals surface area contributed by atoms with Crippen molar-refractivity contribution >= 4 is 17.2 Å². The van der Waals surface area contributed by atoms with Crippen molar-refractivity contribution in [2.24, 2.45) is 0 Å². The lowest BCUT2D eigenvalue weighted by Gasteiger charge is -2.38. The van der Waals surface area contributed by atoms with Crippen LogP contribution in [0.4, 0.5) is 17.2 Å². The topological polar surface area (TPSA) is 16.1 Å². The largest absolute Gasteiger partial charge is 0.294 e. The van der Waals surface area contributed by atoms with Gasteiger partial charge in [-0.05, 0) is 97.8 Å². The van der Waals surface area contributed by atoms with E-state index < -0.39 is 0 Å². The van der Waals surface area contributed by atoms with Crippen molar-refractivity contribution in [2.45, 2.75) is 25.7 Å². The van der Waals surface area contributed by atoms with E-state index in [4.69, 9.17) is 4.98 Å². The Kier molecular flexibility index (Phi) is 3.27. The summed E-state index contributed by atoms with van der Waals surface area (Å²) in [6.45, 7) is 0. The molecule has 0 spiro atoms. The minimum atomic E-state index is 0.960. The molecule has 164 valence electrons. The first-order chi connectivity index (χ1) is 17.3. The van der Waals surface area contributed by atoms with Gasteiger partial charge in [-0.15, -0.1) is 0 Å². The van der Waals surface area contributed by atoms with Gasteiger partial charge < -0.3 is 0 Å². The Bertz CT molecular complexity index is 1760. The summed E-state index contributed by atoms with van der Waals surface area (Å²) in [6, 6.07) is 29.7.